The fraction of sp³-hybridized carbons (Fsp3) is 0.308. The predicted molar refractivity (Wildman–Crippen MR) is 58.4 cm³/mol. The smallest absolute Gasteiger partial charge is 0.236 e. The third-order valence-corrected chi connectivity index (χ3v) is 2.14. The van der Waals surface area contributed by atoms with Gasteiger partial charge in [0, 0.05) is 5.56 Å². The summed E-state index contributed by atoms with van der Waals surface area (Å²) in [7, 11) is 0. The number of aryl methyl sites for hydroxylation is 3. The molecule has 72 valence electrons. The highest BCUT2D eigenvalue weighted by Gasteiger charge is 2.09. The molecule has 0 fully saturated rings. The molecule has 0 aromatic heterocycles. The van der Waals surface area contributed by atoms with E-state index in [1.807, 2.05) is 32.9 Å². The Labute approximate surface area is 85.1 Å². The van der Waals surface area contributed by atoms with Crippen molar-refractivity contribution < 1.29 is 4.79 Å². The maximum Gasteiger partial charge on any atom is 0.236 e. The lowest BCUT2D eigenvalue weighted by molar-refractivity contribution is 0.105. The van der Waals surface area contributed by atoms with Gasteiger partial charge >= 0.3 is 0 Å². The Balaban J connectivity index is 3.32. The quantitative estimate of drug-likeness (QED) is 0.374. The molecule has 1 rings (SSSR count). The van der Waals surface area contributed by atoms with Crippen molar-refractivity contribution in [3.05, 3.63) is 34.4 Å². The van der Waals surface area contributed by atoms with E-state index in [1.54, 1.807) is 6.92 Å². The largest absolute Gasteiger partial charge is 0.279 e. The van der Waals surface area contributed by atoms with Crippen molar-refractivity contribution in [1.29, 1.82) is 0 Å². The van der Waals surface area contributed by atoms with Crippen LogP contribution in [0.4, 0.5) is 0 Å². The number of carbonyl (C=O) groups excluding carboxylic acids is 1. The normalized spacial score (nSPS) is 9.14. The van der Waals surface area contributed by atoms with Crippen LogP contribution in [0.1, 0.15) is 34.0 Å². The second kappa shape index (κ2) is 4.11. The fourth-order valence-electron chi connectivity index (χ4n) is 1.71. The highest BCUT2D eigenvalue weighted by molar-refractivity contribution is 6.10. The third-order valence-electron chi connectivity index (χ3n) is 2.14. The monoisotopic (exact) mass is 186 g/mol. The van der Waals surface area contributed by atoms with Crippen molar-refractivity contribution in [3.63, 3.8) is 0 Å². The molecular weight excluding hydrogens is 172 g/mol. The van der Waals surface area contributed by atoms with Crippen LogP contribution in [0.2, 0.25) is 0 Å². The molecule has 0 spiro atoms. The van der Waals surface area contributed by atoms with Gasteiger partial charge in [-0.3, -0.25) is 4.79 Å². The highest BCUT2D eigenvalue weighted by atomic mass is 16.1. The number of carbonyl (C=O) groups is 1. The summed E-state index contributed by atoms with van der Waals surface area (Å²) in [4.78, 5) is 11.6. The maximum absolute atomic E-state index is 11.6. The first-order chi connectivity index (χ1) is 6.56. The minimum Gasteiger partial charge on any atom is -0.279 e. The molecule has 0 aliphatic carbocycles. The Kier molecular flexibility index (Phi) is 3.09. The molecule has 0 N–H and O–H groups in total. The Hall–Kier alpha value is -1.55. The molecule has 0 saturated carbocycles. The zero-order chi connectivity index (χ0) is 10.7. The molecular formula is C13H14O. The summed E-state index contributed by atoms with van der Waals surface area (Å²) in [6, 6.07) is 4.02. The Bertz CT molecular complexity index is 407. The van der Waals surface area contributed by atoms with E-state index in [0.717, 1.165) is 16.7 Å². The number of benzene rings is 1. The minimum atomic E-state index is -0.0810. The van der Waals surface area contributed by atoms with Crippen molar-refractivity contribution in [1.82, 2.24) is 0 Å². The summed E-state index contributed by atoms with van der Waals surface area (Å²) >= 11 is 0. The van der Waals surface area contributed by atoms with Gasteiger partial charge in [0.25, 0.3) is 0 Å². The van der Waals surface area contributed by atoms with Crippen LogP contribution in [0.25, 0.3) is 0 Å². The van der Waals surface area contributed by atoms with Crippen LogP contribution in [0.5, 0.6) is 0 Å². The first-order valence-electron chi connectivity index (χ1n) is 4.61. The standard InChI is InChI=1S/C13H14O/c1-5-6-12(14)13-10(3)7-9(2)8-11(13)4/h7-8H,1-4H3. The SMILES string of the molecule is CC#CC(=O)c1c(C)cc(C)cc1C. The molecule has 14 heavy (non-hydrogen) atoms. The number of Topliss-reactive ketones (excluding diaryl/α,β-unsaturated/α-hetero) is 1. The van der Waals surface area contributed by atoms with Crippen LogP contribution in [-0.2, 0) is 0 Å². The van der Waals surface area contributed by atoms with Gasteiger partial charge in [-0.2, -0.15) is 0 Å². The molecule has 0 unspecified atom stereocenters. The molecule has 0 aliphatic heterocycles. The van der Waals surface area contributed by atoms with E-state index in [1.165, 1.54) is 5.56 Å². The summed E-state index contributed by atoms with van der Waals surface area (Å²) in [6.45, 7) is 7.60. The maximum atomic E-state index is 11.6. The van der Waals surface area contributed by atoms with Gasteiger partial charge in [0.15, 0.2) is 0 Å². The van der Waals surface area contributed by atoms with Gasteiger partial charge < -0.3 is 0 Å². The minimum absolute atomic E-state index is 0.0810. The summed E-state index contributed by atoms with van der Waals surface area (Å²) < 4.78 is 0. The molecule has 0 heterocycles. The summed E-state index contributed by atoms with van der Waals surface area (Å²) in [5.41, 5.74) is 3.96. The molecule has 0 amide bonds. The van der Waals surface area contributed by atoms with E-state index in [4.69, 9.17) is 0 Å². The topological polar surface area (TPSA) is 17.1 Å². The van der Waals surface area contributed by atoms with Crippen molar-refractivity contribution >= 4 is 5.78 Å². The fourth-order valence-corrected chi connectivity index (χ4v) is 1.71. The third kappa shape index (κ3) is 2.03. The molecule has 0 saturated heterocycles. The number of hydrogen-bond acceptors (Lipinski definition) is 1. The van der Waals surface area contributed by atoms with E-state index in [2.05, 4.69) is 11.8 Å². The summed E-state index contributed by atoms with van der Waals surface area (Å²) in [5, 5.41) is 0. The van der Waals surface area contributed by atoms with E-state index in [-0.39, 0.29) is 5.78 Å². The number of rotatable bonds is 1. The second-order valence-electron chi connectivity index (χ2n) is 3.48. The van der Waals surface area contributed by atoms with Crippen LogP contribution in [-0.4, -0.2) is 5.78 Å². The van der Waals surface area contributed by atoms with Crippen LogP contribution in [0.15, 0.2) is 12.1 Å². The Morgan fingerprint density at radius 1 is 1.14 bits per heavy atom. The van der Waals surface area contributed by atoms with Crippen molar-refractivity contribution in [3.8, 4) is 11.8 Å². The molecule has 0 bridgehead atoms. The van der Waals surface area contributed by atoms with Gasteiger partial charge in [-0.25, -0.2) is 0 Å². The first kappa shape index (κ1) is 10.5. The molecule has 1 aromatic carbocycles. The Morgan fingerprint density at radius 3 is 2.07 bits per heavy atom. The lowest BCUT2D eigenvalue weighted by Crippen LogP contribution is -2.02. The molecule has 1 heteroatoms. The van der Waals surface area contributed by atoms with Crippen LogP contribution >= 0.6 is 0 Å². The lowest BCUT2D eigenvalue weighted by Gasteiger charge is -2.06. The number of hydrogen-bond donors (Lipinski definition) is 0. The van der Waals surface area contributed by atoms with E-state index in [9.17, 15) is 4.79 Å². The van der Waals surface area contributed by atoms with E-state index < -0.39 is 0 Å². The predicted octanol–water partition coefficient (Wildman–Crippen LogP) is 2.82. The molecule has 0 radical (unpaired) electrons. The van der Waals surface area contributed by atoms with Crippen molar-refractivity contribution in [2.45, 2.75) is 27.7 Å². The molecule has 0 atom stereocenters. The second-order valence-corrected chi connectivity index (χ2v) is 3.48. The number of ketones is 1. The van der Waals surface area contributed by atoms with Crippen LogP contribution in [0, 0.1) is 32.6 Å². The lowest BCUT2D eigenvalue weighted by atomic mass is 9.97. The van der Waals surface area contributed by atoms with Gasteiger partial charge in [-0.05, 0) is 44.7 Å². The Morgan fingerprint density at radius 2 is 1.64 bits per heavy atom. The van der Waals surface area contributed by atoms with Gasteiger partial charge in [0.1, 0.15) is 0 Å². The zero-order valence-electron chi connectivity index (χ0n) is 9.06. The van der Waals surface area contributed by atoms with Crippen LogP contribution in [0.3, 0.4) is 0 Å². The highest BCUT2D eigenvalue weighted by Crippen LogP contribution is 2.16. The van der Waals surface area contributed by atoms with Gasteiger partial charge in [0.2, 0.25) is 5.78 Å². The molecule has 0 aliphatic rings. The average Bonchev–Trinajstić information content (AvgIpc) is 2.01. The summed E-state index contributed by atoms with van der Waals surface area (Å²) in [6.07, 6.45) is 0. The average molecular weight is 186 g/mol. The van der Waals surface area contributed by atoms with Crippen molar-refractivity contribution in [2.24, 2.45) is 0 Å². The summed E-state index contributed by atoms with van der Waals surface area (Å²) in [5.74, 6) is 5.13. The zero-order valence-corrected chi connectivity index (χ0v) is 9.06. The van der Waals surface area contributed by atoms with E-state index >= 15 is 0 Å². The van der Waals surface area contributed by atoms with Gasteiger partial charge in [-0.1, -0.05) is 23.6 Å². The van der Waals surface area contributed by atoms with Gasteiger partial charge in [-0.15, -0.1) is 0 Å². The van der Waals surface area contributed by atoms with Crippen molar-refractivity contribution in [2.75, 3.05) is 0 Å². The van der Waals surface area contributed by atoms with E-state index in [0.29, 0.717) is 0 Å². The molecule has 1 nitrogen and oxygen atoms in total. The first-order valence-corrected chi connectivity index (χ1v) is 4.61. The van der Waals surface area contributed by atoms with Gasteiger partial charge in [0.05, 0.1) is 0 Å². The van der Waals surface area contributed by atoms with Crippen LogP contribution < -0.4 is 0 Å². The molecule has 1 aromatic rings.